The summed E-state index contributed by atoms with van der Waals surface area (Å²) in [7, 11) is 0. The van der Waals surface area contributed by atoms with Crippen molar-refractivity contribution in [1.29, 1.82) is 0 Å². The average Bonchev–Trinajstić information content (AvgIpc) is 3.01. The Labute approximate surface area is 111 Å². The predicted octanol–water partition coefficient (Wildman–Crippen LogP) is 1.97. The number of urea groups is 1. The summed E-state index contributed by atoms with van der Waals surface area (Å²) < 4.78 is 5.03. The molecule has 0 bridgehead atoms. The predicted molar refractivity (Wildman–Crippen MR) is 67.8 cm³/mol. The van der Waals surface area contributed by atoms with Gasteiger partial charge in [0.15, 0.2) is 0 Å². The number of carbonyl (C=O) groups is 2. The molecule has 1 fully saturated rings. The van der Waals surface area contributed by atoms with E-state index in [4.69, 9.17) is 9.52 Å². The van der Waals surface area contributed by atoms with Crippen LogP contribution in [0.5, 0.6) is 0 Å². The van der Waals surface area contributed by atoms with E-state index in [1.54, 1.807) is 0 Å². The Balaban J connectivity index is 1.71. The van der Waals surface area contributed by atoms with Crippen LogP contribution in [0, 0.1) is 5.92 Å². The summed E-state index contributed by atoms with van der Waals surface area (Å²) in [5.41, 5.74) is 0. The van der Waals surface area contributed by atoms with Crippen molar-refractivity contribution in [2.45, 2.75) is 38.8 Å². The molecule has 0 aliphatic heterocycles. The van der Waals surface area contributed by atoms with Crippen molar-refractivity contribution >= 4 is 12.0 Å². The van der Waals surface area contributed by atoms with Crippen molar-refractivity contribution in [3.63, 3.8) is 0 Å². The van der Waals surface area contributed by atoms with Crippen LogP contribution in [0.2, 0.25) is 0 Å². The number of carboxylic acid groups (broad SMARTS) is 1. The first-order valence-corrected chi connectivity index (χ1v) is 6.41. The molecular formula is C13H18N2O4. The third kappa shape index (κ3) is 4.31. The monoisotopic (exact) mass is 266 g/mol. The van der Waals surface area contributed by atoms with Gasteiger partial charge in [-0.3, -0.25) is 0 Å². The van der Waals surface area contributed by atoms with E-state index >= 15 is 0 Å². The number of hydrogen-bond acceptors (Lipinski definition) is 3. The second-order valence-electron chi connectivity index (χ2n) is 4.98. The summed E-state index contributed by atoms with van der Waals surface area (Å²) in [5.74, 6) is -0.0611. The fourth-order valence-corrected chi connectivity index (χ4v) is 1.94. The molecule has 1 aromatic heterocycles. The second kappa shape index (κ2) is 5.77. The summed E-state index contributed by atoms with van der Waals surface area (Å²) in [6.45, 7) is 2.16. The zero-order valence-corrected chi connectivity index (χ0v) is 10.8. The minimum absolute atomic E-state index is 0.126. The van der Waals surface area contributed by atoms with Crippen molar-refractivity contribution in [3.05, 3.63) is 23.7 Å². The molecule has 1 saturated carbocycles. The highest BCUT2D eigenvalue weighted by molar-refractivity contribution is 5.84. The SMILES string of the molecule is CC(CC1CC1)NC(=O)NCc1ccc(C(=O)O)o1. The zero-order valence-electron chi connectivity index (χ0n) is 10.8. The highest BCUT2D eigenvalue weighted by Crippen LogP contribution is 2.33. The molecule has 3 N–H and O–H groups in total. The van der Waals surface area contributed by atoms with E-state index in [0.29, 0.717) is 5.76 Å². The molecule has 6 nitrogen and oxygen atoms in total. The Kier molecular flexibility index (Phi) is 4.09. The first-order chi connectivity index (χ1) is 9.04. The lowest BCUT2D eigenvalue weighted by Crippen LogP contribution is -2.40. The second-order valence-corrected chi connectivity index (χ2v) is 4.98. The smallest absolute Gasteiger partial charge is 0.371 e. The third-order valence-corrected chi connectivity index (χ3v) is 3.06. The molecule has 1 unspecified atom stereocenters. The lowest BCUT2D eigenvalue weighted by atomic mass is 10.2. The molecule has 19 heavy (non-hydrogen) atoms. The van der Waals surface area contributed by atoms with E-state index in [0.717, 1.165) is 12.3 Å². The van der Waals surface area contributed by atoms with E-state index in [9.17, 15) is 9.59 Å². The van der Waals surface area contributed by atoms with Crippen molar-refractivity contribution < 1.29 is 19.1 Å². The highest BCUT2D eigenvalue weighted by Gasteiger charge is 2.24. The van der Waals surface area contributed by atoms with E-state index in [1.165, 1.54) is 25.0 Å². The fraction of sp³-hybridized carbons (Fsp3) is 0.538. The van der Waals surface area contributed by atoms with Gasteiger partial charge in [0.1, 0.15) is 5.76 Å². The molecule has 0 radical (unpaired) electrons. The molecule has 1 atom stereocenters. The molecular weight excluding hydrogens is 248 g/mol. The number of carbonyl (C=O) groups excluding carboxylic acids is 1. The van der Waals surface area contributed by atoms with E-state index in [-0.39, 0.29) is 24.4 Å². The Morgan fingerprint density at radius 2 is 2.21 bits per heavy atom. The van der Waals surface area contributed by atoms with Crippen molar-refractivity contribution in [2.75, 3.05) is 0 Å². The normalized spacial score (nSPS) is 15.8. The van der Waals surface area contributed by atoms with Crippen LogP contribution in [0.3, 0.4) is 0 Å². The van der Waals surface area contributed by atoms with Gasteiger partial charge >= 0.3 is 12.0 Å². The topological polar surface area (TPSA) is 91.6 Å². The van der Waals surface area contributed by atoms with Gasteiger partial charge in [-0.15, -0.1) is 0 Å². The van der Waals surface area contributed by atoms with Gasteiger partial charge in [0.2, 0.25) is 5.76 Å². The number of carboxylic acids is 1. The molecule has 104 valence electrons. The summed E-state index contributed by atoms with van der Waals surface area (Å²) in [6.07, 6.45) is 3.54. The number of rotatable bonds is 6. The van der Waals surface area contributed by atoms with Crippen LogP contribution in [0.1, 0.15) is 42.5 Å². The molecule has 1 heterocycles. The van der Waals surface area contributed by atoms with Crippen molar-refractivity contribution in [2.24, 2.45) is 5.92 Å². The molecule has 1 aromatic rings. The van der Waals surface area contributed by atoms with Gasteiger partial charge in [-0.25, -0.2) is 9.59 Å². The number of hydrogen-bond donors (Lipinski definition) is 3. The lowest BCUT2D eigenvalue weighted by Gasteiger charge is -2.13. The van der Waals surface area contributed by atoms with Crippen LogP contribution in [0.4, 0.5) is 4.79 Å². The Hall–Kier alpha value is -1.98. The molecule has 6 heteroatoms. The van der Waals surface area contributed by atoms with Crippen LogP contribution in [-0.4, -0.2) is 23.1 Å². The Bertz CT molecular complexity index is 465. The number of nitrogens with one attached hydrogen (secondary N) is 2. The summed E-state index contributed by atoms with van der Waals surface area (Å²) in [6, 6.07) is 2.80. The lowest BCUT2D eigenvalue weighted by molar-refractivity contribution is 0.0660. The molecule has 2 amide bonds. The minimum atomic E-state index is -1.12. The third-order valence-electron chi connectivity index (χ3n) is 3.06. The van der Waals surface area contributed by atoms with Crippen LogP contribution >= 0.6 is 0 Å². The number of furan rings is 1. The standard InChI is InChI=1S/C13H18N2O4/c1-8(6-9-2-3-9)15-13(18)14-7-10-4-5-11(19-10)12(16)17/h4-5,8-9H,2-3,6-7H2,1H3,(H,16,17)(H2,14,15,18). The number of aromatic carboxylic acids is 1. The first kappa shape index (κ1) is 13.5. The van der Waals surface area contributed by atoms with Crippen molar-refractivity contribution in [1.82, 2.24) is 10.6 Å². The van der Waals surface area contributed by atoms with Crippen LogP contribution in [0.25, 0.3) is 0 Å². The van der Waals surface area contributed by atoms with E-state index in [2.05, 4.69) is 10.6 Å². The van der Waals surface area contributed by atoms with Gasteiger partial charge < -0.3 is 20.2 Å². The van der Waals surface area contributed by atoms with Gasteiger partial charge in [0, 0.05) is 6.04 Å². The molecule has 1 aliphatic carbocycles. The summed E-state index contributed by atoms with van der Waals surface area (Å²) in [4.78, 5) is 22.2. The van der Waals surface area contributed by atoms with Crippen LogP contribution < -0.4 is 10.6 Å². The van der Waals surface area contributed by atoms with Gasteiger partial charge in [-0.05, 0) is 31.4 Å². The molecule has 1 aliphatic rings. The van der Waals surface area contributed by atoms with Gasteiger partial charge in [-0.2, -0.15) is 0 Å². The summed E-state index contributed by atoms with van der Waals surface area (Å²) in [5, 5.41) is 14.2. The minimum Gasteiger partial charge on any atom is -0.475 e. The average molecular weight is 266 g/mol. The Morgan fingerprint density at radius 1 is 1.47 bits per heavy atom. The van der Waals surface area contributed by atoms with E-state index < -0.39 is 5.97 Å². The van der Waals surface area contributed by atoms with Crippen LogP contribution in [0.15, 0.2) is 16.5 Å². The molecule has 2 rings (SSSR count). The zero-order chi connectivity index (χ0) is 13.8. The molecule has 0 aromatic carbocycles. The first-order valence-electron chi connectivity index (χ1n) is 6.41. The van der Waals surface area contributed by atoms with Gasteiger partial charge in [-0.1, -0.05) is 12.8 Å². The largest absolute Gasteiger partial charge is 0.475 e. The maximum Gasteiger partial charge on any atom is 0.371 e. The molecule has 0 saturated heterocycles. The van der Waals surface area contributed by atoms with Gasteiger partial charge in [0.25, 0.3) is 0 Å². The van der Waals surface area contributed by atoms with E-state index in [1.807, 2.05) is 6.92 Å². The quantitative estimate of drug-likeness (QED) is 0.734. The summed E-state index contributed by atoms with van der Waals surface area (Å²) >= 11 is 0. The maximum absolute atomic E-state index is 11.6. The molecule has 0 spiro atoms. The van der Waals surface area contributed by atoms with Gasteiger partial charge in [0.05, 0.1) is 6.54 Å². The Morgan fingerprint density at radius 3 is 2.79 bits per heavy atom. The number of amides is 2. The van der Waals surface area contributed by atoms with Crippen LogP contribution in [-0.2, 0) is 6.54 Å². The maximum atomic E-state index is 11.6. The van der Waals surface area contributed by atoms with Crippen molar-refractivity contribution in [3.8, 4) is 0 Å². The highest BCUT2D eigenvalue weighted by atomic mass is 16.4. The fourth-order valence-electron chi connectivity index (χ4n) is 1.94.